The standard InChI is InChI=1S/C23H40N2O3/c1-7-8-12-15-23(5,6)24-17-20(26)19(16-18-13-10-9-11-14-18)25(21(27)28)22(2,3)4/h9-11,13-14,19-20,24,26H,7-8,12,15-17H2,1-6H3,(H,27,28)/t19-,20+/m0/s1. The molecule has 0 spiro atoms. The summed E-state index contributed by atoms with van der Waals surface area (Å²) in [6.07, 6.45) is 3.21. The summed E-state index contributed by atoms with van der Waals surface area (Å²) in [6.45, 7) is 12.4. The molecule has 0 aliphatic carbocycles. The van der Waals surface area contributed by atoms with Crippen molar-refractivity contribution in [2.45, 2.75) is 96.9 Å². The number of amides is 1. The number of aliphatic hydroxyl groups excluding tert-OH is 1. The van der Waals surface area contributed by atoms with Crippen LogP contribution >= 0.6 is 0 Å². The first-order valence-corrected chi connectivity index (χ1v) is 10.5. The van der Waals surface area contributed by atoms with Crippen LogP contribution in [0.2, 0.25) is 0 Å². The number of hydrogen-bond acceptors (Lipinski definition) is 3. The van der Waals surface area contributed by atoms with Gasteiger partial charge in [0.1, 0.15) is 0 Å². The lowest BCUT2D eigenvalue weighted by Gasteiger charge is -2.42. The molecular weight excluding hydrogens is 352 g/mol. The molecule has 5 heteroatoms. The van der Waals surface area contributed by atoms with Crippen LogP contribution in [0, 0.1) is 0 Å². The van der Waals surface area contributed by atoms with Crippen molar-refractivity contribution in [3.63, 3.8) is 0 Å². The van der Waals surface area contributed by atoms with E-state index in [2.05, 4.69) is 26.1 Å². The van der Waals surface area contributed by atoms with Crippen molar-refractivity contribution in [1.29, 1.82) is 0 Å². The molecular formula is C23H40N2O3. The van der Waals surface area contributed by atoms with Crippen LogP contribution in [0.5, 0.6) is 0 Å². The van der Waals surface area contributed by atoms with E-state index in [0.29, 0.717) is 13.0 Å². The second-order valence-electron chi connectivity index (χ2n) is 9.37. The van der Waals surface area contributed by atoms with Gasteiger partial charge >= 0.3 is 6.09 Å². The number of benzene rings is 1. The van der Waals surface area contributed by atoms with E-state index in [1.807, 2.05) is 51.1 Å². The third-order valence-electron chi connectivity index (χ3n) is 5.19. The fourth-order valence-corrected chi connectivity index (χ4v) is 3.60. The molecule has 0 aliphatic rings. The predicted octanol–water partition coefficient (Wildman–Crippen LogP) is 4.69. The van der Waals surface area contributed by atoms with Gasteiger partial charge in [-0.25, -0.2) is 4.79 Å². The monoisotopic (exact) mass is 392 g/mol. The van der Waals surface area contributed by atoms with Gasteiger partial charge in [-0.15, -0.1) is 0 Å². The van der Waals surface area contributed by atoms with Gasteiger partial charge in [0.15, 0.2) is 0 Å². The van der Waals surface area contributed by atoms with Gasteiger partial charge < -0.3 is 15.5 Å². The van der Waals surface area contributed by atoms with Crippen molar-refractivity contribution < 1.29 is 15.0 Å². The fraction of sp³-hybridized carbons (Fsp3) is 0.696. The lowest BCUT2D eigenvalue weighted by atomic mass is 9.93. The van der Waals surface area contributed by atoms with E-state index >= 15 is 0 Å². The number of carbonyl (C=O) groups is 1. The van der Waals surface area contributed by atoms with Gasteiger partial charge in [0.05, 0.1) is 12.1 Å². The number of carboxylic acid groups (broad SMARTS) is 1. The molecule has 28 heavy (non-hydrogen) atoms. The summed E-state index contributed by atoms with van der Waals surface area (Å²) in [4.78, 5) is 13.5. The highest BCUT2D eigenvalue weighted by molar-refractivity contribution is 5.66. The summed E-state index contributed by atoms with van der Waals surface area (Å²) in [5.41, 5.74) is 0.316. The number of nitrogens with zero attached hydrogens (tertiary/aromatic N) is 1. The Morgan fingerprint density at radius 2 is 1.71 bits per heavy atom. The van der Waals surface area contributed by atoms with Crippen LogP contribution in [-0.2, 0) is 6.42 Å². The van der Waals surface area contributed by atoms with Gasteiger partial charge in [0, 0.05) is 17.6 Å². The molecule has 0 fully saturated rings. The quantitative estimate of drug-likeness (QED) is 0.478. The molecule has 0 saturated carbocycles. The molecule has 0 unspecified atom stereocenters. The normalized spacial score (nSPS) is 14.5. The molecule has 1 aromatic carbocycles. The van der Waals surface area contributed by atoms with Crippen LogP contribution in [0.1, 0.15) is 72.8 Å². The summed E-state index contributed by atoms with van der Waals surface area (Å²) >= 11 is 0. The van der Waals surface area contributed by atoms with E-state index < -0.39 is 23.8 Å². The van der Waals surface area contributed by atoms with Crippen molar-refractivity contribution in [2.24, 2.45) is 0 Å². The summed E-state index contributed by atoms with van der Waals surface area (Å²) in [5, 5.41) is 24.4. The molecule has 0 heterocycles. The molecule has 0 bridgehead atoms. The molecule has 0 radical (unpaired) electrons. The molecule has 3 N–H and O–H groups in total. The number of aliphatic hydroxyl groups is 1. The molecule has 0 aromatic heterocycles. The number of β-amino-alcohol motifs (C(OH)–C–C–N with tert-alkyl or cyclic N) is 1. The van der Waals surface area contributed by atoms with Gasteiger partial charge in [-0.3, -0.25) is 4.90 Å². The lowest BCUT2D eigenvalue weighted by Crippen LogP contribution is -2.59. The highest BCUT2D eigenvalue weighted by atomic mass is 16.4. The van der Waals surface area contributed by atoms with E-state index in [9.17, 15) is 15.0 Å². The zero-order valence-electron chi connectivity index (χ0n) is 18.5. The van der Waals surface area contributed by atoms with Crippen molar-refractivity contribution in [3.8, 4) is 0 Å². The predicted molar refractivity (Wildman–Crippen MR) is 116 cm³/mol. The second kappa shape index (κ2) is 10.8. The van der Waals surface area contributed by atoms with Gasteiger partial charge in [-0.2, -0.15) is 0 Å². The SMILES string of the molecule is CCCCCC(C)(C)NC[C@@H](O)[C@H](Cc1ccccc1)N(C(=O)O)C(C)(C)C. The van der Waals surface area contributed by atoms with Crippen molar-refractivity contribution in [2.75, 3.05) is 6.54 Å². The van der Waals surface area contributed by atoms with Crippen LogP contribution in [0.15, 0.2) is 30.3 Å². The van der Waals surface area contributed by atoms with Crippen LogP contribution in [0.25, 0.3) is 0 Å². The highest BCUT2D eigenvalue weighted by Gasteiger charge is 2.37. The van der Waals surface area contributed by atoms with Crippen LogP contribution < -0.4 is 5.32 Å². The first kappa shape index (κ1) is 24.4. The largest absolute Gasteiger partial charge is 0.465 e. The van der Waals surface area contributed by atoms with E-state index in [4.69, 9.17) is 0 Å². The molecule has 1 amide bonds. The Balaban J connectivity index is 2.95. The fourth-order valence-electron chi connectivity index (χ4n) is 3.60. The van der Waals surface area contributed by atoms with Gasteiger partial charge in [-0.1, -0.05) is 56.5 Å². The van der Waals surface area contributed by atoms with Crippen LogP contribution in [0.3, 0.4) is 0 Å². The van der Waals surface area contributed by atoms with E-state index in [0.717, 1.165) is 18.4 Å². The average molecular weight is 393 g/mol. The van der Waals surface area contributed by atoms with E-state index in [1.54, 1.807) is 0 Å². The first-order valence-electron chi connectivity index (χ1n) is 10.5. The van der Waals surface area contributed by atoms with Crippen molar-refractivity contribution >= 4 is 6.09 Å². The Kier molecular flexibility index (Phi) is 9.45. The number of nitrogens with one attached hydrogen (secondary N) is 1. The topological polar surface area (TPSA) is 72.8 Å². The van der Waals surface area contributed by atoms with Gasteiger partial charge in [-0.05, 0) is 53.0 Å². The Morgan fingerprint density at radius 1 is 1.11 bits per heavy atom. The Labute approximate surface area is 171 Å². The summed E-state index contributed by atoms with van der Waals surface area (Å²) in [7, 11) is 0. The summed E-state index contributed by atoms with van der Waals surface area (Å²) in [6, 6.07) is 9.24. The molecule has 2 atom stereocenters. The third-order valence-corrected chi connectivity index (χ3v) is 5.19. The Hall–Kier alpha value is -1.59. The molecule has 0 saturated heterocycles. The number of unbranched alkanes of at least 4 members (excludes halogenated alkanes) is 2. The Morgan fingerprint density at radius 3 is 2.21 bits per heavy atom. The highest BCUT2D eigenvalue weighted by Crippen LogP contribution is 2.23. The zero-order valence-corrected chi connectivity index (χ0v) is 18.5. The summed E-state index contributed by atoms with van der Waals surface area (Å²) < 4.78 is 0. The smallest absolute Gasteiger partial charge is 0.408 e. The molecule has 5 nitrogen and oxygen atoms in total. The van der Waals surface area contributed by atoms with Gasteiger partial charge in [0.25, 0.3) is 0 Å². The maximum atomic E-state index is 12.1. The lowest BCUT2D eigenvalue weighted by molar-refractivity contribution is 0.00532. The molecule has 1 aromatic rings. The van der Waals surface area contributed by atoms with E-state index in [-0.39, 0.29) is 5.54 Å². The van der Waals surface area contributed by atoms with E-state index in [1.165, 1.54) is 17.7 Å². The number of hydrogen-bond donors (Lipinski definition) is 3. The maximum absolute atomic E-state index is 12.1. The van der Waals surface area contributed by atoms with Crippen molar-refractivity contribution in [1.82, 2.24) is 10.2 Å². The summed E-state index contributed by atoms with van der Waals surface area (Å²) in [5.74, 6) is 0. The minimum absolute atomic E-state index is 0.0940. The van der Waals surface area contributed by atoms with Crippen molar-refractivity contribution in [3.05, 3.63) is 35.9 Å². The minimum Gasteiger partial charge on any atom is -0.465 e. The van der Waals surface area contributed by atoms with Gasteiger partial charge in [0.2, 0.25) is 0 Å². The Bertz CT molecular complexity index is 581. The zero-order chi connectivity index (χ0) is 21.4. The first-order chi connectivity index (χ1) is 13.0. The average Bonchev–Trinajstić information content (AvgIpc) is 2.58. The number of rotatable bonds is 11. The van der Waals surface area contributed by atoms with Crippen LogP contribution in [0.4, 0.5) is 4.79 Å². The van der Waals surface area contributed by atoms with Crippen LogP contribution in [-0.4, -0.2) is 51.0 Å². The molecule has 1 rings (SSSR count). The maximum Gasteiger partial charge on any atom is 0.408 e. The molecule has 160 valence electrons. The second-order valence-corrected chi connectivity index (χ2v) is 9.37. The minimum atomic E-state index is -1.00. The third kappa shape index (κ3) is 8.19. The molecule has 0 aliphatic heterocycles.